The first kappa shape index (κ1) is 14.9. The molecule has 19 heavy (non-hydrogen) atoms. The van der Waals surface area contributed by atoms with Crippen molar-refractivity contribution in [3.05, 3.63) is 28.5 Å². The first-order valence-electron chi connectivity index (χ1n) is 6.06. The Morgan fingerprint density at radius 3 is 2.68 bits per heavy atom. The molecule has 0 bridgehead atoms. The van der Waals surface area contributed by atoms with E-state index in [4.69, 9.17) is 5.14 Å². The fourth-order valence-electron chi connectivity index (χ4n) is 2.09. The molecule has 1 saturated heterocycles. The molecule has 106 valence electrons. The van der Waals surface area contributed by atoms with Gasteiger partial charge >= 0.3 is 0 Å². The third-order valence-electron chi connectivity index (χ3n) is 3.08. The molecule has 0 radical (unpaired) electrons. The second-order valence-corrected chi connectivity index (χ2v) is 7.00. The maximum absolute atomic E-state index is 11.3. The van der Waals surface area contributed by atoms with E-state index in [9.17, 15) is 8.42 Å². The summed E-state index contributed by atoms with van der Waals surface area (Å²) in [7, 11) is -3.57. The highest BCUT2D eigenvalue weighted by Gasteiger charge is 2.21. The van der Waals surface area contributed by atoms with E-state index in [1.54, 1.807) is 6.20 Å². The Balaban J connectivity index is 1.94. The number of nitrogens with zero attached hydrogens (tertiary/aromatic N) is 3. The molecule has 1 aromatic rings. The van der Waals surface area contributed by atoms with Gasteiger partial charge in [-0.3, -0.25) is 9.88 Å². The summed E-state index contributed by atoms with van der Waals surface area (Å²) >= 11 is 3.35. The third-order valence-corrected chi connectivity index (χ3v) is 4.64. The number of halogens is 1. The van der Waals surface area contributed by atoms with Gasteiger partial charge in [-0.25, -0.2) is 5.14 Å². The van der Waals surface area contributed by atoms with Crippen LogP contribution in [-0.2, 0) is 16.8 Å². The predicted molar refractivity (Wildman–Crippen MR) is 76.5 cm³/mol. The molecule has 2 heterocycles. The molecule has 6 nitrogen and oxygen atoms in total. The van der Waals surface area contributed by atoms with E-state index >= 15 is 0 Å². The van der Waals surface area contributed by atoms with Crippen LogP contribution in [0.25, 0.3) is 0 Å². The lowest BCUT2D eigenvalue weighted by molar-refractivity contribution is 0.275. The average Bonchev–Trinajstić information content (AvgIpc) is 2.57. The summed E-state index contributed by atoms with van der Waals surface area (Å²) in [5.74, 6) is 0. The average molecular weight is 349 g/mol. The predicted octanol–water partition coefficient (Wildman–Crippen LogP) is 0.555. The molecule has 2 N–H and O–H groups in total. The lowest BCUT2D eigenvalue weighted by Crippen LogP contribution is -2.39. The first-order valence-corrected chi connectivity index (χ1v) is 8.35. The van der Waals surface area contributed by atoms with E-state index in [1.807, 2.05) is 12.1 Å². The lowest BCUT2D eigenvalue weighted by atomic mass is 10.3. The van der Waals surface area contributed by atoms with Crippen LogP contribution in [0.2, 0.25) is 0 Å². The highest BCUT2D eigenvalue weighted by molar-refractivity contribution is 9.10. The number of hydrogen-bond acceptors (Lipinski definition) is 4. The minimum atomic E-state index is -3.57. The summed E-state index contributed by atoms with van der Waals surface area (Å²) < 4.78 is 24.9. The zero-order chi connectivity index (χ0) is 13.9. The second-order valence-electron chi connectivity index (χ2n) is 4.54. The minimum absolute atomic E-state index is 0.440. The fourth-order valence-corrected chi connectivity index (χ4v) is 3.04. The van der Waals surface area contributed by atoms with Crippen LogP contribution >= 0.6 is 15.9 Å². The molecule has 0 unspecified atom stereocenters. The molecule has 0 amide bonds. The molecule has 0 aliphatic carbocycles. The zero-order valence-electron chi connectivity index (χ0n) is 10.5. The van der Waals surface area contributed by atoms with Gasteiger partial charge in [0.05, 0.1) is 5.69 Å². The van der Waals surface area contributed by atoms with Crippen LogP contribution in [0.4, 0.5) is 0 Å². The quantitative estimate of drug-likeness (QED) is 0.865. The van der Waals surface area contributed by atoms with Gasteiger partial charge in [-0.2, -0.15) is 12.7 Å². The van der Waals surface area contributed by atoms with Gasteiger partial charge in [-0.1, -0.05) is 0 Å². The Kier molecular flexibility index (Phi) is 4.91. The van der Waals surface area contributed by atoms with Crippen molar-refractivity contribution in [2.75, 3.05) is 26.2 Å². The highest BCUT2D eigenvalue weighted by atomic mass is 79.9. The number of nitrogens with two attached hydrogens (primary N) is 1. The first-order chi connectivity index (χ1) is 8.95. The molecule has 1 aliphatic heterocycles. The standard InChI is InChI=1S/C11H17BrN4O2S/c12-10-2-3-11(14-8-10)9-15-4-1-5-16(7-6-15)19(13,17)18/h2-3,8H,1,4-7,9H2,(H2,13,17,18). The summed E-state index contributed by atoms with van der Waals surface area (Å²) in [5, 5.41) is 5.16. The van der Waals surface area contributed by atoms with Crippen LogP contribution in [0.15, 0.2) is 22.8 Å². The second kappa shape index (κ2) is 6.27. The van der Waals surface area contributed by atoms with E-state index in [0.717, 1.165) is 29.7 Å². The van der Waals surface area contributed by atoms with E-state index < -0.39 is 10.2 Å². The van der Waals surface area contributed by atoms with E-state index in [0.29, 0.717) is 19.6 Å². The molecular formula is C11H17BrN4O2S. The molecular weight excluding hydrogens is 332 g/mol. The Hall–Kier alpha value is -0.540. The van der Waals surface area contributed by atoms with Gasteiger partial charge in [-0.05, 0) is 41.0 Å². The van der Waals surface area contributed by atoms with Crippen molar-refractivity contribution < 1.29 is 8.42 Å². The molecule has 0 saturated carbocycles. The zero-order valence-corrected chi connectivity index (χ0v) is 12.9. The van der Waals surface area contributed by atoms with E-state index in [2.05, 4.69) is 25.8 Å². The fraction of sp³-hybridized carbons (Fsp3) is 0.545. The maximum Gasteiger partial charge on any atom is 0.276 e. The molecule has 1 fully saturated rings. The normalized spacial score (nSPS) is 19.3. The van der Waals surface area contributed by atoms with Gasteiger partial charge in [0, 0.05) is 36.8 Å². The van der Waals surface area contributed by atoms with Crippen molar-refractivity contribution in [3.63, 3.8) is 0 Å². The smallest absolute Gasteiger partial charge is 0.276 e. The van der Waals surface area contributed by atoms with E-state index in [-0.39, 0.29) is 0 Å². The van der Waals surface area contributed by atoms with Crippen molar-refractivity contribution in [1.82, 2.24) is 14.2 Å². The van der Waals surface area contributed by atoms with Gasteiger partial charge in [-0.15, -0.1) is 0 Å². The molecule has 0 aromatic carbocycles. The number of pyridine rings is 1. The number of hydrogen-bond donors (Lipinski definition) is 1. The summed E-state index contributed by atoms with van der Waals surface area (Å²) in [6.45, 7) is 3.18. The van der Waals surface area contributed by atoms with Crippen molar-refractivity contribution in [1.29, 1.82) is 0 Å². The van der Waals surface area contributed by atoms with Crippen molar-refractivity contribution in [2.45, 2.75) is 13.0 Å². The molecule has 1 aromatic heterocycles. The minimum Gasteiger partial charge on any atom is -0.296 e. The van der Waals surface area contributed by atoms with Crippen LogP contribution in [0, 0.1) is 0 Å². The third kappa shape index (κ3) is 4.50. The van der Waals surface area contributed by atoms with Gasteiger partial charge in [0.25, 0.3) is 10.2 Å². The van der Waals surface area contributed by atoms with Crippen LogP contribution in [0.5, 0.6) is 0 Å². The van der Waals surface area contributed by atoms with Crippen molar-refractivity contribution in [3.8, 4) is 0 Å². The summed E-state index contributed by atoms with van der Waals surface area (Å²) in [4.78, 5) is 6.52. The van der Waals surface area contributed by atoms with Crippen LogP contribution in [0.3, 0.4) is 0 Å². The number of aromatic nitrogens is 1. The Labute approximate surface area is 121 Å². The monoisotopic (exact) mass is 348 g/mol. The summed E-state index contributed by atoms with van der Waals surface area (Å²) in [6.07, 6.45) is 2.55. The van der Waals surface area contributed by atoms with Crippen molar-refractivity contribution in [2.24, 2.45) is 5.14 Å². The summed E-state index contributed by atoms with van der Waals surface area (Å²) in [5.41, 5.74) is 0.979. The maximum atomic E-state index is 11.3. The van der Waals surface area contributed by atoms with Crippen LogP contribution < -0.4 is 5.14 Å². The van der Waals surface area contributed by atoms with Crippen LogP contribution in [-0.4, -0.2) is 48.8 Å². The largest absolute Gasteiger partial charge is 0.296 e. The molecule has 0 spiro atoms. The highest BCUT2D eigenvalue weighted by Crippen LogP contribution is 2.11. The Bertz CT molecular complexity index is 520. The number of rotatable bonds is 3. The van der Waals surface area contributed by atoms with E-state index in [1.165, 1.54) is 4.31 Å². The van der Waals surface area contributed by atoms with Gasteiger partial charge in [0.1, 0.15) is 0 Å². The lowest BCUT2D eigenvalue weighted by Gasteiger charge is -2.20. The molecule has 1 aliphatic rings. The topological polar surface area (TPSA) is 79.5 Å². The Morgan fingerprint density at radius 1 is 1.26 bits per heavy atom. The van der Waals surface area contributed by atoms with Crippen LogP contribution in [0.1, 0.15) is 12.1 Å². The van der Waals surface area contributed by atoms with Gasteiger partial charge < -0.3 is 0 Å². The molecule has 8 heteroatoms. The molecule has 0 atom stereocenters. The van der Waals surface area contributed by atoms with Gasteiger partial charge in [0.15, 0.2) is 0 Å². The Morgan fingerprint density at radius 2 is 2.05 bits per heavy atom. The molecule has 2 rings (SSSR count). The SMILES string of the molecule is NS(=O)(=O)N1CCCN(Cc2ccc(Br)cn2)CC1. The summed E-state index contributed by atoms with van der Waals surface area (Å²) in [6, 6.07) is 3.92. The van der Waals surface area contributed by atoms with Crippen molar-refractivity contribution >= 4 is 26.1 Å². The van der Waals surface area contributed by atoms with Gasteiger partial charge in [0.2, 0.25) is 0 Å².